The first-order valence-electron chi connectivity index (χ1n) is 6.62. The van der Waals surface area contributed by atoms with Crippen molar-refractivity contribution in [2.24, 2.45) is 0 Å². The standard InChI is InChI=1S/C14H27BrSi/c1-16(2,3)14-12-10-8-6-4-5-7-9-11-13-15/h4-11,13H2,1-3H3. The van der Waals surface area contributed by atoms with E-state index in [1.807, 2.05) is 0 Å². The molecule has 0 saturated carbocycles. The Morgan fingerprint density at radius 1 is 0.812 bits per heavy atom. The summed E-state index contributed by atoms with van der Waals surface area (Å²) in [5, 5.41) is 1.17. The number of hydrogen-bond acceptors (Lipinski definition) is 0. The van der Waals surface area contributed by atoms with Crippen molar-refractivity contribution >= 4 is 24.0 Å². The van der Waals surface area contributed by atoms with E-state index in [2.05, 4.69) is 47.0 Å². The van der Waals surface area contributed by atoms with Gasteiger partial charge in [-0.3, -0.25) is 0 Å². The first kappa shape index (κ1) is 16.3. The number of unbranched alkanes of at least 4 members (excludes halogenated alkanes) is 7. The predicted molar refractivity (Wildman–Crippen MR) is 81.9 cm³/mol. The molecule has 0 aromatic carbocycles. The predicted octanol–water partition coefficient (Wildman–Crippen LogP) is 5.38. The summed E-state index contributed by atoms with van der Waals surface area (Å²) >= 11 is 3.46. The SMILES string of the molecule is C[Si](C)(C)C#CCCCCCCCCCBr. The molecule has 0 radical (unpaired) electrons. The first-order chi connectivity index (χ1) is 7.56. The summed E-state index contributed by atoms with van der Waals surface area (Å²) in [5.41, 5.74) is 3.42. The fourth-order valence-electron chi connectivity index (χ4n) is 1.52. The Bertz CT molecular complexity index is 207. The molecule has 0 aliphatic heterocycles. The molecule has 16 heavy (non-hydrogen) atoms. The monoisotopic (exact) mass is 302 g/mol. The topological polar surface area (TPSA) is 0 Å². The molecule has 0 nitrogen and oxygen atoms in total. The molecule has 94 valence electrons. The van der Waals surface area contributed by atoms with Gasteiger partial charge < -0.3 is 0 Å². The quantitative estimate of drug-likeness (QED) is 0.244. The van der Waals surface area contributed by atoms with E-state index in [9.17, 15) is 0 Å². The molecule has 0 amide bonds. The lowest BCUT2D eigenvalue weighted by Gasteiger charge is -2.03. The summed E-state index contributed by atoms with van der Waals surface area (Å²) in [6.45, 7) is 6.93. The number of halogens is 1. The fraction of sp³-hybridized carbons (Fsp3) is 0.857. The summed E-state index contributed by atoms with van der Waals surface area (Å²) < 4.78 is 0. The molecule has 2 heteroatoms. The summed E-state index contributed by atoms with van der Waals surface area (Å²) in [6.07, 6.45) is 10.7. The maximum atomic E-state index is 3.46. The highest BCUT2D eigenvalue weighted by molar-refractivity contribution is 9.09. The molecule has 0 heterocycles. The van der Waals surface area contributed by atoms with Crippen molar-refractivity contribution in [1.82, 2.24) is 0 Å². The minimum Gasteiger partial charge on any atom is -0.132 e. The molecule has 0 fully saturated rings. The molecule has 0 bridgehead atoms. The second kappa shape index (κ2) is 10.4. The van der Waals surface area contributed by atoms with Crippen LogP contribution < -0.4 is 0 Å². The zero-order valence-corrected chi connectivity index (χ0v) is 13.8. The average Bonchev–Trinajstić information content (AvgIpc) is 2.19. The summed E-state index contributed by atoms with van der Waals surface area (Å²) in [7, 11) is -1.11. The van der Waals surface area contributed by atoms with Crippen LogP contribution in [0.3, 0.4) is 0 Å². The minimum absolute atomic E-state index is 1.11. The van der Waals surface area contributed by atoms with E-state index in [-0.39, 0.29) is 0 Å². The van der Waals surface area contributed by atoms with Crippen molar-refractivity contribution in [3.05, 3.63) is 0 Å². The molecule has 0 atom stereocenters. The van der Waals surface area contributed by atoms with Gasteiger partial charge in [-0.1, -0.05) is 67.7 Å². The summed E-state index contributed by atoms with van der Waals surface area (Å²) in [4.78, 5) is 0. The summed E-state index contributed by atoms with van der Waals surface area (Å²) in [6, 6.07) is 0. The average molecular weight is 303 g/mol. The van der Waals surface area contributed by atoms with Gasteiger partial charge in [0.2, 0.25) is 0 Å². The van der Waals surface area contributed by atoms with Crippen molar-refractivity contribution in [3.63, 3.8) is 0 Å². The highest BCUT2D eigenvalue weighted by atomic mass is 79.9. The van der Waals surface area contributed by atoms with Gasteiger partial charge in [0.05, 0.1) is 0 Å². The van der Waals surface area contributed by atoms with Crippen LogP contribution in [0, 0.1) is 11.5 Å². The third-order valence-electron chi connectivity index (χ3n) is 2.40. The Balaban J connectivity index is 3.18. The van der Waals surface area contributed by atoms with Gasteiger partial charge in [0.15, 0.2) is 0 Å². The smallest absolute Gasteiger partial charge is 0.129 e. The van der Waals surface area contributed by atoms with Crippen molar-refractivity contribution in [3.8, 4) is 11.5 Å². The molecule has 0 rings (SSSR count). The highest BCUT2D eigenvalue weighted by Crippen LogP contribution is 2.09. The van der Waals surface area contributed by atoms with Crippen molar-refractivity contribution < 1.29 is 0 Å². The maximum Gasteiger partial charge on any atom is 0.129 e. The van der Waals surface area contributed by atoms with Crippen molar-refractivity contribution in [2.45, 2.75) is 71.0 Å². The van der Waals surface area contributed by atoms with E-state index in [0.717, 1.165) is 6.42 Å². The van der Waals surface area contributed by atoms with Crippen LogP contribution in [-0.4, -0.2) is 13.4 Å². The van der Waals surface area contributed by atoms with Gasteiger partial charge in [-0.05, 0) is 12.8 Å². The molecule has 0 aliphatic carbocycles. The van der Waals surface area contributed by atoms with Crippen molar-refractivity contribution in [1.29, 1.82) is 0 Å². The fourth-order valence-corrected chi connectivity index (χ4v) is 2.57. The highest BCUT2D eigenvalue weighted by Gasteiger charge is 2.06. The normalized spacial score (nSPS) is 11.0. The second-order valence-electron chi connectivity index (χ2n) is 5.47. The Labute approximate surface area is 112 Å². The molecule has 0 spiro atoms. The van der Waals surface area contributed by atoms with E-state index in [4.69, 9.17) is 0 Å². The summed E-state index contributed by atoms with van der Waals surface area (Å²) in [5.74, 6) is 3.34. The van der Waals surface area contributed by atoms with Crippen LogP contribution in [0.25, 0.3) is 0 Å². The molecule has 0 saturated heterocycles. The van der Waals surface area contributed by atoms with Crippen molar-refractivity contribution in [2.75, 3.05) is 5.33 Å². The second-order valence-corrected chi connectivity index (χ2v) is 11.0. The lowest BCUT2D eigenvalue weighted by atomic mass is 10.1. The van der Waals surface area contributed by atoms with E-state index >= 15 is 0 Å². The zero-order chi connectivity index (χ0) is 12.3. The van der Waals surface area contributed by atoms with Crippen LogP contribution in [0.2, 0.25) is 19.6 Å². The largest absolute Gasteiger partial charge is 0.132 e. The third kappa shape index (κ3) is 14.3. The first-order valence-corrected chi connectivity index (χ1v) is 11.2. The number of alkyl halides is 1. The van der Waals surface area contributed by atoms with Gasteiger partial charge in [0, 0.05) is 11.8 Å². The molecule has 0 N–H and O–H groups in total. The van der Waals surface area contributed by atoms with E-state index in [0.29, 0.717) is 0 Å². The Hall–Kier alpha value is 0.257. The van der Waals surface area contributed by atoms with Crippen LogP contribution in [0.15, 0.2) is 0 Å². The van der Waals surface area contributed by atoms with E-state index in [1.54, 1.807) is 0 Å². The minimum atomic E-state index is -1.11. The van der Waals surface area contributed by atoms with E-state index in [1.165, 1.54) is 50.3 Å². The third-order valence-corrected chi connectivity index (χ3v) is 3.89. The van der Waals surface area contributed by atoms with E-state index < -0.39 is 8.07 Å². The zero-order valence-electron chi connectivity index (χ0n) is 11.2. The molecule has 0 aliphatic rings. The maximum absolute atomic E-state index is 3.46. The molecule has 0 aromatic rings. The van der Waals surface area contributed by atoms with Gasteiger partial charge in [-0.2, -0.15) is 0 Å². The molecular weight excluding hydrogens is 276 g/mol. The molecular formula is C14H27BrSi. The van der Waals surface area contributed by atoms with Gasteiger partial charge in [0.25, 0.3) is 0 Å². The van der Waals surface area contributed by atoms with Gasteiger partial charge in [-0.25, -0.2) is 0 Å². The lowest BCUT2D eigenvalue weighted by Crippen LogP contribution is -2.16. The van der Waals surface area contributed by atoms with Gasteiger partial charge >= 0.3 is 0 Å². The number of rotatable bonds is 8. The Morgan fingerprint density at radius 3 is 1.81 bits per heavy atom. The van der Waals surface area contributed by atoms with Crippen LogP contribution in [0.5, 0.6) is 0 Å². The molecule has 0 aromatic heterocycles. The van der Waals surface area contributed by atoms with Gasteiger partial charge in [0.1, 0.15) is 8.07 Å². The lowest BCUT2D eigenvalue weighted by molar-refractivity contribution is 0.596. The number of hydrogen-bond donors (Lipinski definition) is 0. The van der Waals surface area contributed by atoms with Crippen LogP contribution in [0.1, 0.15) is 51.4 Å². The molecule has 0 unspecified atom stereocenters. The Morgan fingerprint density at radius 2 is 1.31 bits per heavy atom. The van der Waals surface area contributed by atoms with Crippen LogP contribution >= 0.6 is 15.9 Å². The van der Waals surface area contributed by atoms with Crippen LogP contribution in [0.4, 0.5) is 0 Å². The van der Waals surface area contributed by atoms with Crippen LogP contribution in [-0.2, 0) is 0 Å². The van der Waals surface area contributed by atoms with Gasteiger partial charge in [-0.15, -0.1) is 11.5 Å². The Kier molecular flexibility index (Phi) is 10.6.